The molecule has 1 N–H and O–H groups in total. The number of hydrogen-bond donors (Lipinski definition) is 1. The van der Waals surface area contributed by atoms with Crippen molar-refractivity contribution in [3.8, 4) is 0 Å². The first-order valence-corrected chi connectivity index (χ1v) is 5.18. The summed E-state index contributed by atoms with van der Waals surface area (Å²) < 4.78 is 5.31. The minimum atomic E-state index is 0. The van der Waals surface area contributed by atoms with Crippen LogP contribution < -0.4 is 5.32 Å². The summed E-state index contributed by atoms with van der Waals surface area (Å²) in [5.74, 6) is 0. The number of halogens is 2. The monoisotopic (exact) mass is 247 g/mol. The van der Waals surface area contributed by atoms with Crippen molar-refractivity contribution in [2.45, 2.75) is 18.6 Å². The standard InChI is InChI=1S/C11H14ClNO.ClH/c1-14-11-7-13-10(11)6-8-2-4-9(12)5-3-8;/h2-5,10-11,13H,6-7H2,1H3;1H/t10-,11?;/m0./s1. The molecule has 1 saturated heterocycles. The Hall–Kier alpha value is -0.280. The topological polar surface area (TPSA) is 21.3 Å². The first-order chi connectivity index (χ1) is 6.79. The summed E-state index contributed by atoms with van der Waals surface area (Å²) >= 11 is 5.81. The Morgan fingerprint density at radius 3 is 2.53 bits per heavy atom. The van der Waals surface area contributed by atoms with Crippen LogP contribution in [0.1, 0.15) is 5.56 Å². The second-order valence-electron chi connectivity index (χ2n) is 3.62. The molecule has 1 fully saturated rings. The molecule has 0 radical (unpaired) electrons. The molecular weight excluding hydrogens is 233 g/mol. The van der Waals surface area contributed by atoms with Gasteiger partial charge in [0.15, 0.2) is 0 Å². The zero-order chi connectivity index (χ0) is 9.97. The third kappa shape index (κ3) is 3.08. The lowest BCUT2D eigenvalue weighted by Crippen LogP contribution is -2.59. The molecule has 0 saturated carbocycles. The van der Waals surface area contributed by atoms with Crippen LogP contribution in [0.15, 0.2) is 24.3 Å². The van der Waals surface area contributed by atoms with Gasteiger partial charge in [-0.3, -0.25) is 0 Å². The highest BCUT2D eigenvalue weighted by molar-refractivity contribution is 6.30. The van der Waals surface area contributed by atoms with Gasteiger partial charge in [0, 0.05) is 24.7 Å². The number of methoxy groups -OCH3 is 1. The van der Waals surface area contributed by atoms with E-state index < -0.39 is 0 Å². The molecule has 2 atom stereocenters. The van der Waals surface area contributed by atoms with Crippen LogP contribution in [0.4, 0.5) is 0 Å². The van der Waals surface area contributed by atoms with E-state index in [9.17, 15) is 0 Å². The van der Waals surface area contributed by atoms with Gasteiger partial charge in [0.05, 0.1) is 6.10 Å². The van der Waals surface area contributed by atoms with E-state index in [1.807, 2.05) is 12.1 Å². The lowest BCUT2D eigenvalue weighted by Gasteiger charge is -2.37. The fourth-order valence-corrected chi connectivity index (χ4v) is 1.83. The van der Waals surface area contributed by atoms with Crippen molar-refractivity contribution in [1.82, 2.24) is 5.32 Å². The second kappa shape index (κ2) is 5.71. The summed E-state index contributed by atoms with van der Waals surface area (Å²) in [6.07, 6.45) is 1.38. The SMILES string of the molecule is COC1CN[C@H]1Cc1ccc(Cl)cc1.Cl. The molecule has 15 heavy (non-hydrogen) atoms. The minimum Gasteiger partial charge on any atom is -0.378 e. The van der Waals surface area contributed by atoms with Crippen LogP contribution in [-0.2, 0) is 11.2 Å². The van der Waals surface area contributed by atoms with E-state index in [-0.39, 0.29) is 12.4 Å². The predicted octanol–water partition coefficient (Wildman–Crippen LogP) is 2.29. The Bertz CT molecular complexity index is 300. The van der Waals surface area contributed by atoms with E-state index in [2.05, 4.69) is 17.4 Å². The maximum atomic E-state index is 5.81. The number of ether oxygens (including phenoxy) is 1. The van der Waals surface area contributed by atoms with Crippen molar-refractivity contribution < 1.29 is 4.74 Å². The normalized spacial score (nSPS) is 24.1. The third-order valence-electron chi connectivity index (χ3n) is 2.70. The van der Waals surface area contributed by atoms with Crippen LogP contribution >= 0.6 is 24.0 Å². The maximum Gasteiger partial charge on any atom is 0.0851 e. The molecule has 1 aromatic carbocycles. The van der Waals surface area contributed by atoms with Crippen molar-refractivity contribution in [2.75, 3.05) is 13.7 Å². The molecule has 1 aliphatic rings. The zero-order valence-corrected chi connectivity index (χ0v) is 10.1. The van der Waals surface area contributed by atoms with Gasteiger partial charge in [-0.2, -0.15) is 0 Å². The molecule has 0 amide bonds. The highest BCUT2D eigenvalue weighted by Crippen LogP contribution is 2.16. The van der Waals surface area contributed by atoms with Crippen molar-refractivity contribution in [3.05, 3.63) is 34.9 Å². The van der Waals surface area contributed by atoms with Crippen LogP contribution in [0.25, 0.3) is 0 Å². The van der Waals surface area contributed by atoms with Crippen molar-refractivity contribution >= 4 is 24.0 Å². The van der Waals surface area contributed by atoms with E-state index in [0.717, 1.165) is 18.0 Å². The van der Waals surface area contributed by atoms with E-state index in [1.165, 1.54) is 5.56 Å². The predicted molar refractivity (Wildman–Crippen MR) is 65.0 cm³/mol. The molecule has 2 nitrogen and oxygen atoms in total. The van der Waals surface area contributed by atoms with E-state index in [0.29, 0.717) is 12.1 Å². The Kier molecular flexibility index (Phi) is 4.87. The van der Waals surface area contributed by atoms with Crippen molar-refractivity contribution in [2.24, 2.45) is 0 Å². The van der Waals surface area contributed by atoms with Gasteiger partial charge in [-0.15, -0.1) is 12.4 Å². The minimum absolute atomic E-state index is 0. The number of hydrogen-bond acceptors (Lipinski definition) is 2. The molecule has 1 unspecified atom stereocenters. The molecule has 1 aromatic rings. The lowest BCUT2D eigenvalue weighted by molar-refractivity contribution is 0.0163. The van der Waals surface area contributed by atoms with Gasteiger partial charge >= 0.3 is 0 Å². The molecule has 1 heterocycles. The summed E-state index contributed by atoms with van der Waals surface area (Å²) in [4.78, 5) is 0. The molecule has 1 aliphatic heterocycles. The van der Waals surface area contributed by atoms with Gasteiger partial charge in [-0.05, 0) is 24.1 Å². The Labute approximate surface area is 101 Å². The van der Waals surface area contributed by atoms with Gasteiger partial charge < -0.3 is 10.1 Å². The summed E-state index contributed by atoms with van der Waals surface area (Å²) in [7, 11) is 1.76. The fraction of sp³-hybridized carbons (Fsp3) is 0.455. The quantitative estimate of drug-likeness (QED) is 0.886. The van der Waals surface area contributed by atoms with Crippen LogP contribution in [0.3, 0.4) is 0 Å². The average Bonchev–Trinajstić information content (AvgIpc) is 2.16. The lowest BCUT2D eigenvalue weighted by atomic mass is 9.95. The molecule has 0 spiro atoms. The third-order valence-corrected chi connectivity index (χ3v) is 2.95. The van der Waals surface area contributed by atoms with E-state index in [4.69, 9.17) is 16.3 Å². The number of nitrogens with one attached hydrogen (secondary N) is 1. The van der Waals surface area contributed by atoms with Gasteiger partial charge in [-0.1, -0.05) is 23.7 Å². The van der Waals surface area contributed by atoms with Crippen LogP contribution in [-0.4, -0.2) is 25.8 Å². The molecule has 0 aliphatic carbocycles. The Morgan fingerprint density at radius 1 is 1.40 bits per heavy atom. The van der Waals surface area contributed by atoms with Gasteiger partial charge in [-0.25, -0.2) is 0 Å². The Morgan fingerprint density at radius 2 is 2.07 bits per heavy atom. The fourth-order valence-electron chi connectivity index (χ4n) is 1.71. The van der Waals surface area contributed by atoms with Crippen molar-refractivity contribution in [3.63, 3.8) is 0 Å². The maximum absolute atomic E-state index is 5.81. The largest absolute Gasteiger partial charge is 0.378 e. The zero-order valence-electron chi connectivity index (χ0n) is 8.57. The highest BCUT2D eigenvalue weighted by atomic mass is 35.5. The average molecular weight is 248 g/mol. The second-order valence-corrected chi connectivity index (χ2v) is 4.06. The molecule has 0 bridgehead atoms. The highest BCUT2D eigenvalue weighted by Gasteiger charge is 2.29. The molecule has 2 rings (SSSR count). The van der Waals surface area contributed by atoms with Gasteiger partial charge in [0.1, 0.15) is 0 Å². The first-order valence-electron chi connectivity index (χ1n) is 4.80. The van der Waals surface area contributed by atoms with Gasteiger partial charge in [0.2, 0.25) is 0 Å². The smallest absolute Gasteiger partial charge is 0.0851 e. The van der Waals surface area contributed by atoms with Gasteiger partial charge in [0.25, 0.3) is 0 Å². The molecule has 4 heteroatoms. The summed E-state index contributed by atoms with van der Waals surface area (Å²) in [6, 6.07) is 8.44. The van der Waals surface area contributed by atoms with Crippen LogP contribution in [0, 0.1) is 0 Å². The molecule has 84 valence electrons. The Balaban J connectivity index is 0.00000112. The summed E-state index contributed by atoms with van der Waals surface area (Å²) in [5.41, 5.74) is 1.30. The van der Waals surface area contributed by atoms with E-state index in [1.54, 1.807) is 7.11 Å². The first kappa shape index (κ1) is 12.8. The van der Waals surface area contributed by atoms with Crippen LogP contribution in [0.2, 0.25) is 5.02 Å². The summed E-state index contributed by atoms with van der Waals surface area (Å²) in [5, 5.41) is 4.14. The molecular formula is C11H15Cl2NO. The number of rotatable bonds is 3. The van der Waals surface area contributed by atoms with Crippen LogP contribution in [0.5, 0.6) is 0 Å². The van der Waals surface area contributed by atoms with E-state index >= 15 is 0 Å². The number of benzene rings is 1. The molecule has 0 aromatic heterocycles. The summed E-state index contributed by atoms with van der Waals surface area (Å²) in [6.45, 7) is 0.967. The van der Waals surface area contributed by atoms with Crippen molar-refractivity contribution in [1.29, 1.82) is 0 Å².